The quantitative estimate of drug-likeness (QED) is 0.844. The summed E-state index contributed by atoms with van der Waals surface area (Å²) >= 11 is 0. The fraction of sp³-hybridized carbons (Fsp3) is 0.308. The molecular weight excluding hydrogens is 212 g/mol. The molecule has 1 aromatic heterocycles. The minimum Gasteiger partial charge on any atom is -0.364 e. The van der Waals surface area contributed by atoms with Crippen molar-refractivity contribution in [3.8, 4) is 0 Å². The van der Waals surface area contributed by atoms with Crippen molar-refractivity contribution >= 4 is 5.69 Å². The third-order valence-electron chi connectivity index (χ3n) is 3.30. The summed E-state index contributed by atoms with van der Waals surface area (Å²) in [4.78, 5) is 6.73. The minimum atomic E-state index is 0.519. The normalized spacial score (nSPS) is 14.8. The summed E-state index contributed by atoms with van der Waals surface area (Å²) in [5.41, 5.74) is 9.25. The summed E-state index contributed by atoms with van der Waals surface area (Å²) < 4.78 is 2.21. The monoisotopic (exact) mass is 228 g/mol. The minimum absolute atomic E-state index is 0.519. The first-order valence-electron chi connectivity index (χ1n) is 5.91. The third-order valence-corrected chi connectivity index (χ3v) is 3.30. The third kappa shape index (κ3) is 1.80. The molecule has 0 bridgehead atoms. The van der Waals surface area contributed by atoms with E-state index < -0.39 is 0 Å². The highest BCUT2D eigenvalue weighted by atomic mass is 15.2. The fourth-order valence-electron chi connectivity index (χ4n) is 2.34. The van der Waals surface area contributed by atoms with Gasteiger partial charge in [0.05, 0.1) is 24.3 Å². The first-order valence-corrected chi connectivity index (χ1v) is 5.91. The Hall–Kier alpha value is -1.81. The molecule has 0 saturated heterocycles. The van der Waals surface area contributed by atoms with Crippen molar-refractivity contribution in [2.24, 2.45) is 5.73 Å². The van der Waals surface area contributed by atoms with Crippen molar-refractivity contribution in [1.82, 2.24) is 9.55 Å². The smallest absolute Gasteiger partial charge is 0.0953 e. The van der Waals surface area contributed by atoms with Crippen molar-refractivity contribution in [3.63, 3.8) is 0 Å². The number of anilines is 1. The van der Waals surface area contributed by atoms with Crippen molar-refractivity contribution in [3.05, 3.63) is 48.0 Å². The van der Waals surface area contributed by atoms with E-state index in [0.29, 0.717) is 6.54 Å². The number of aromatic nitrogens is 2. The standard InChI is InChI=1S/C13H16N4/c14-8-12-13-9-16(6-7-17(13)10-15-12)11-4-2-1-3-5-11/h1-5,10H,6-9,14H2. The van der Waals surface area contributed by atoms with Gasteiger partial charge in [0.25, 0.3) is 0 Å². The lowest BCUT2D eigenvalue weighted by Gasteiger charge is -2.30. The molecule has 1 aliphatic heterocycles. The maximum absolute atomic E-state index is 5.71. The van der Waals surface area contributed by atoms with Crippen LogP contribution in [0.4, 0.5) is 5.69 Å². The van der Waals surface area contributed by atoms with Gasteiger partial charge in [-0.3, -0.25) is 0 Å². The highest BCUT2D eigenvalue weighted by molar-refractivity contribution is 5.47. The van der Waals surface area contributed by atoms with E-state index in [2.05, 4.69) is 38.7 Å². The van der Waals surface area contributed by atoms with Crippen LogP contribution >= 0.6 is 0 Å². The molecule has 0 amide bonds. The molecule has 2 N–H and O–H groups in total. The van der Waals surface area contributed by atoms with Crippen molar-refractivity contribution < 1.29 is 0 Å². The molecule has 4 heteroatoms. The van der Waals surface area contributed by atoms with Crippen LogP contribution in [0.3, 0.4) is 0 Å². The van der Waals surface area contributed by atoms with Gasteiger partial charge >= 0.3 is 0 Å². The van der Waals surface area contributed by atoms with Crippen LogP contribution in [0, 0.1) is 0 Å². The van der Waals surface area contributed by atoms with E-state index >= 15 is 0 Å². The predicted octanol–water partition coefficient (Wildman–Crippen LogP) is 1.36. The van der Waals surface area contributed by atoms with Gasteiger partial charge < -0.3 is 15.2 Å². The molecule has 17 heavy (non-hydrogen) atoms. The molecule has 1 aliphatic rings. The molecule has 0 aliphatic carbocycles. The number of hydrogen-bond acceptors (Lipinski definition) is 3. The SMILES string of the molecule is NCc1ncn2c1CN(c1ccccc1)CC2. The van der Waals surface area contributed by atoms with Crippen LogP contribution < -0.4 is 10.6 Å². The molecule has 0 fully saturated rings. The Morgan fingerprint density at radius 3 is 2.76 bits per heavy atom. The lowest BCUT2D eigenvalue weighted by atomic mass is 10.2. The molecular formula is C13H16N4. The Balaban J connectivity index is 1.89. The van der Waals surface area contributed by atoms with E-state index in [1.54, 1.807) is 0 Å². The van der Waals surface area contributed by atoms with Crippen LogP contribution in [0.2, 0.25) is 0 Å². The molecule has 1 aromatic carbocycles. The highest BCUT2D eigenvalue weighted by Crippen LogP contribution is 2.22. The van der Waals surface area contributed by atoms with E-state index in [-0.39, 0.29) is 0 Å². The number of fused-ring (bicyclic) bond motifs is 1. The van der Waals surface area contributed by atoms with Crippen molar-refractivity contribution in [2.45, 2.75) is 19.6 Å². The lowest BCUT2D eigenvalue weighted by molar-refractivity contribution is 0.568. The molecule has 3 rings (SSSR count). The fourth-order valence-corrected chi connectivity index (χ4v) is 2.34. The Morgan fingerprint density at radius 1 is 1.18 bits per heavy atom. The summed E-state index contributed by atoms with van der Waals surface area (Å²) in [6.45, 7) is 3.43. The number of rotatable bonds is 2. The Labute approximate surface area is 101 Å². The largest absolute Gasteiger partial charge is 0.364 e. The second-order valence-corrected chi connectivity index (χ2v) is 4.29. The molecule has 0 atom stereocenters. The van der Waals surface area contributed by atoms with Gasteiger partial charge in [-0.2, -0.15) is 0 Å². The first-order chi connectivity index (χ1) is 8.38. The molecule has 2 aromatic rings. The summed E-state index contributed by atoms with van der Waals surface area (Å²) in [5, 5.41) is 0. The number of hydrogen-bond donors (Lipinski definition) is 1. The van der Waals surface area contributed by atoms with Gasteiger partial charge in [-0.15, -0.1) is 0 Å². The molecule has 0 radical (unpaired) electrons. The van der Waals surface area contributed by atoms with Crippen LogP contribution in [-0.4, -0.2) is 16.1 Å². The molecule has 0 unspecified atom stereocenters. The van der Waals surface area contributed by atoms with E-state index in [9.17, 15) is 0 Å². The van der Waals surface area contributed by atoms with Crippen LogP contribution in [0.1, 0.15) is 11.4 Å². The number of para-hydroxylation sites is 1. The number of nitrogens with two attached hydrogens (primary N) is 1. The number of nitrogens with zero attached hydrogens (tertiary/aromatic N) is 3. The zero-order valence-electron chi connectivity index (χ0n) is 9.71. The zero-order valence-corrected chi connectivity index (χ0v) is 9.71. The Bertz CT molecular complexity index is 490. The van der Waals surface area contributed by atoms with Gasteiger partial charge in [0, 0.05) is 25.3 Å². The van der Waals surface area contributed by atoms with Crippen molar-refractivity contribution in [1.29, 1.82) is 0 Å². The topological polar surface area (TPSA) is 47.1 Å². The van der Waals surface area contributed by atoms with Gasteiger partial charge in [-0.1, -0.05) is 18.2 Å². The van der Waals surface area contributed by atoms with Gasteiger partial charge in [0.1, 0.15) is 0 Å². The van der Waals surface area contributed by atoms with Crippen LogP contribution in [0.5, 0.6) is 0 Å². The molecule has 0 spiro atoms. The second kappa shape index (κ2) is 4.22. The highest BCUT2D eigenvalue weighted by Gasteiger charge is 2.19. The van der Waals surface area contributed by atoms with Crippen LogP contribution in [0.15, 0.2) is 36.7 Å². The van der Waals surface area contributed by atoms with Gasteiger partial charge in [-0.25, -0.2) is 4.98 Å². The average molecular weight is 228 g/mol. The first kappa shape index (κ1) is 10.4. The van der Waals surface area contributed by atoms with Crippen LogP contribution in [-0.2, 0) is 19.6 Å². The van der Waals surface area contributed by atoms with Gasteiger partial charge in [0.2, 0.25) is 0 Å². The predicted molar refractivity (Wildman–Crippen MR) is 67.6 cm³/mol. The van der Waals surface area contributed by atoms with E-state index in [1.807, 2.05) is 12.4 Å². The van der Waals surface area contributed by atoms with E-state index in [0.717, 1.165) is 25.3 Å². The number of imidazole rings is 1. The Kier molecular flexibility index (Phi) is 2.57. The van der Waals surface area contributed by atoms with Crippen molar-refractivity contribution in [2.75, 3.05) is 11.4 Å². The lowest BCUT2D eigenvalue weighted by Crippen LogP contribution is -2.33. The maximum atomic E-state index is 5.71. The summed E-state index contributed by atoms with van der Waals surface area (Å²) in [6.07, 6.45) is 1.90. The maximum Gasteiger partial charge on any atom is 0.0953 e. The van der Waals surface area contributed by atoms with E-state index in [4.69, 9.17) is 5.73 Å². The molecule has 2 heterocycles. The summed E-state index contributed by atoms with van der Waals surface area (Å²) in [7, 11) is 0. The summed E-state index contributed by atoms with van der Waals surface area (Å²) in [6, 6.07) is 10.5. The zero-order chi connectivity index (χ0) is 11.7. The molecule has 4 nitrogen and oxygen atoms in total. The van der Waals surface area contributed by atoms with Gasteiger partial charge in [0.15, 0.2) is 0 Å². The Morgan fingerprint density at radius 2 is 2.00 bits per heavy atom. The van der Waals surface area contributed by atoms with E-state index in [1.165, 1.54) is 11.4 Å². The molecule has 88 valence electrons. The number of benzene rings is 1. The average Bonchev–Trinajstić information content (AvgIpc) is 2.81. The van der Waals surface area contributed by atoms with Crippen LogP contribution in [0.25, 0.3) is 0 Å². The second-order valence-electron chi connectivity index (χ2n) is 4.29. The summed E-state index contributed by atoms with van der Waals surface area (Å²) in [5.74, 6) is 0. The molecule has 0 saturated carbocycles. The van der Waals surface area contributed by atoms with Gasteiger partial charge in [-0.05, 0) is 12.1 Å².